The van der Waals surface area contributed by atoms with Crippen molar-refractivity contribution in [1.29, 1.82) is 0 Å². The van der Waals surface area contributed by atoms with Crippen LogP contribution in [0.15, 0.2) is 54.6 Å². The van der Waals surface area contributed by atoms with Gasteiger partial charge in [0.1, 0.15) is 18.1 Å². The van der Waals surface area contributed by atoms with E-state index in [2.05, 4.69) is 5.32 Å². The predicted octanol–water partition coefficient (Wildman–Crippen LogP) is 3.05. The fourth-order valence-electron chi connectivity index (χ4n) is 2.08. The van der Waals surface area contributed by atoms with Crippen molar-refractivity contribution in [3.63, 3.8) is 0 Å². The lowest BCUT2D eigenvalue weighted by molar-refractivity contribution is -0.116. The molecule has 2 aromatic carbocycles. The molecule has 0 saturated carbocycles. The summed E-state index contributed by atoms with van der Waals surface area (Å²) >= 11 is 0. The van der Waals surface area contributed by atoms with E-state index < -0.39 is 0 Å². The van der Waals surface area contributed by atoms with Gasteiger partial charge in [-0.15, -0.1) is 0 Å². The van der Waals surface area contributed by atoms with Gasteiger partial charge in [0.15, 0.2) is 0 Å². The van der Waals surface area contributed by atoms with Crippen molar-refractivity contribution in [3.8, 4) is 11.5 Å². The quantitative estimate of drug-likeness (QED) is 0.563. The maximum absolute atomic E-state index is 11.9. The van der Waals surface area contributed by atoms with E-state index in [1.807, 2.05) is 48.5 Å². The van der Waals surface area contributed by atoms with E-state index in [0.717, 1.165) is 22.6 Å². The Bertz CT molecular complexity index is 678. The summed E-state index contributed by atoms with van der Waals surface area (Å²) in [5.41, 5.74) is 1.94. The number of ether oxygens (including phenoxy) is 3. The van der Waals surface area contributed by atoms with Crippen molar-refractivity contribution >= 4 is 12.0 Å². The van der Waals surface area contributed by atoms with Crippen LogP contribution in [0.3, 0.4) is 0 Å². The van der Waals surface area contributed by atoms with Gasteiger partial charge in [-0.2, -0.15) is 0 Å². The maximum atomic E-state index is 11.9. The smallest absolute Gasteiger partial charge is 0.244 e. The monoisotopic (exact) mass is 341 g/mol. The van der Waals surface area contributed by atoms with Gasteiger partial charge >= 0.3 is 0 Å². The zero-order chi connectivity index (χ0) is 17.9. The lowest BCUT2D eigenvalue weighted by Gasteiger charge is -2.07. The van der Waals surface area contributed by atoms with Crippen molar-refractivity contribution in [2.45, 2.75) is 6.54 Å². The average Bonchev–Trinajstić information content (AvgIpc) is 2.66. The van der Waals surface area contributed by atoms with Crippen LogP contribution in [0.25, 0.3) is 6.08 Å². The van der Waals surface area contributed by atoms with Gasteiger partial charge in [-0.05, 0) is 41.5 Å². The number of carbonyl (C=O) groups is 1. The van der Waals surface area contributed by atoms with Gasteiger partial charge in [0.25, 0.3) is 0 Å². The first-order valence-electron chi connectivity index (χ1n) is 8.02. The van der Waals surface area contributed by atoms with E-state index in [0.29, 0.717) is 19.8 Å². The summed E-state index contributed by atoms with van der Waals surface area (Å²) in [5.74, 6) is 1.43. The second-order valence-corrected chi connectivity index (χ2v) is 5.31. The zero-order valence-corrected chi connectivity index (χ0v) is 14.5. The van der Waals surface area contributed by atoms with E-state index in [1.54, 1.807) is 20.3 Å². The third-order valence-corrected chi connectivity index (χ3v) is 3.49. The Kier molecular flexibility index (Phi) is 7.53. The van der Waals surface area contributed by atoms with Crippen LogP contribution in [-0.4, -0.2) is 33.3 Å². The number of carbonyl (C=O) groups excluding carboxylic acids is 1. The number of amides is 1. The van der Waals surface area contributed by atoms with Crippen LogP contribution in [0.1, 0.15) is 11.1 Å². The van der Waals surface area contributed by atoms with Crippen molar-refractivity contribution < 1.29 is 19.0 Å². The summed E-state index contributed by atoms with van der Waals surface area (Å²) < 4.78 is 15.5. The molecule has 0 saturated heterocycles. The summed E-state index contributed by atoms with van der Waals surface area (Å²) in [6.45, 7) is 1.53. The molecule has 1 N–H and O–H groups in total. The SMILES string of the molecule is COCCOc1ccc(CNC(=O)/C=C/c2ccc(OC)cc2)cc1. The zero-order valence-electron chi connectivity index (χ0n) is 14.5. The highest BCUT2D eigenvalue weighted by atomic mass is 16.5. The van der Waals surface area contributed by atoms with E-state index in [9.17, 15) is 4.79 Å². The van der Waals surface area contributed by atoms with Gasteiger partial charge in [0, 0.05) is 19.7 Å². The van der Waals surface area contributed by atoms with Gasteiger partial charge in [0.05, 0.1) is 13.7 Å². The Morgan fingerprint density at radius 1 is 0.960 bits per heavy atom. The highest BCUT2D eigenvalue weighted by molar-refractivity contribution is 5.91. The van der Waals surface area contributed by atoms with E-state index >= 15 is 0 Å². The van der Waals surface area contributed by atoms with E-state index in [-0.39, 0.29) is 5.91 Å². The molecule has 0 unspecified atom stereocenters. The molecule has 5 nitrogen and oxygen atoms in total. The molecule has 0 atom stereocenters. The second kappa shape index (κ2) is 10.2. The molecule has 0 aliphatic rings. The number of benzene rings is 2. The van der Waals surface area contributed by atoms with Crippen LogP contribution >= 0.6 is 0 Å². The Morgan fingerprint density at radius 2 is 1.64 bits per heavy atom. The minimum Gasteiger partial charge on any atom is -0.497 e. The molecule has 0 radical (unpaired) electrons. The summed E-state index contributed by atoms with van der Waals surface area (Å²) in [4.78, 5) is 11.9. The predicted molar refractivity (Wildman–Crippen MR) is 97.7 cm³/mol. The van der Waals surface area contributed by atoms with Crippen LogP contribution in [0.5, 0.6) is 11.5 Å². The summed E-state index contributed by atoms with van der Waals surface area (Å²) in [7, 11) is 3.26. The van der Waals surface area contributed by atoms with Crippen LogP contribution in [0, 0.1) is 0 Å². The highest BCUT2D eigenvalue weighted by Crippen LogP contribution is 2.13. The molecular formula is C20H23NO4. The normalized spacial score (nSPS) is 10.6. The molecule has 0 aliphatic carbocycles. The van der Waals surface area contributed by atoms with Gasteiger partial charge in [0.2, 0.25) is 5.91 Å². The molecule has 0 aliphatic heterocycles. The summed E-state index contributed by atoms with van der Waals surface area (Å²) in [6, 6.07) is 15.1. The summed E-state index contributed by atoms with van der Waals surface area (Å²) in [6.07, 6.45) is 3.28. The molecular weight excluding hydrogens is 318 g/mol. The standard InChI is InChI=1S/C20H23NO4/c1-23-13-14-25-19-10-5-17(6-11-19)15-21-20(22)12-7-16-3-8-18(24-2)9-4-16/h3-12H,13-15H2,1-2H3,(H,21,22)/b12-7+. The molecule has 0 bridgehead atoms. The second-order valence-electron chi connectivity index (χ2n) is 5.31. The van der Waals surface area contributed by atoms with Crippen molar-refractivity contribution in [1.82, 2.24) is 5.32 Å². The van der Waals surface area contributed by atoms with Crippen LogP contribution in [0.4, 0.5) is 0 Å². The number of nitrogens with one attached hydrogen (secondary N) is 1. The molecule has 0 spiro atoms. The molecule has 132 valence electrons. The highest BCUT2D eigenvalue weighted by Gasteiger charge is 1.99. The molecule has 2 aromatic rings. The van der Waals surface area contributed by atoms with Crippen molar-refractivity contribution in [2.24, 2.45) is 0 Å². The van der Waals surface area contributed by atoms with Crippen LogP contribution in [0.2, 0.25) is 0 Å². The minimum atomic E-state index is -0.142. The number of hydrogen-bond donors (Lipinski definition) is 1. The summed E-state index contributed by atoms with van der Waals surface area (Å²) in [5, 5.41) is 2.85. The van der Waals surface area contributed by atoms with Crippen LogP contribution < -0.4 is 14.8 Å². The Morgan fingerprint density at radius 3 is 2.28 bits per heavy atom. The third-order valence-electron chi connectivity index (χ3n) is 3.49. The van der Waals surface area contributed by atoms with Gasteiger partial charge in [-0.25, -0.2) is 0 Å². The van der Waals surface area contributed by atoms with Gasteiger partial charge in [-0.3, -0.25) is 4.79 Å². The van der Waals surface area contributed by atoms with Gasteiger partial charge < -0.3 is 19.5 Å². The van der Waals surface area contributed by atoms with E-state index in [4.69, 9.17) is 14.2 Å². The molecule has 25 heavy (non-hydrogen) atoms. The lowest BCUT2D eigenvalue weighted by atomic mass is 10.2. The fraction of sp³-hybridized carbons (Fsp3) is 0.250. The van der Waals surface area contributed by atoms with Gasteiger partial charge in [-0.1, -0.05) is 24.3 Å². The van der Waals surface area contributed by atoms with E-state index in [1.165, 1.54) is 6.08 Å². The van der Waals surface area contributed by atoms with Crippen molar-refractivity contribution in [3.05, 3.63) is 65.7 Å². The average molecular weight is 341 g/mol. The first-order chi connectivity index (χ1) is 12.2. The lowest BCUT2D eigenvalue weighted by Crippen LogP contribution is -2.20. The molecule has 5 heteroatoms. The van der Waals surface area contributed by atoms with Crippen molar-refractivity contribution in [2.75, 3.05) is 27.4 Å². The largest absolute Gasteiger partial charge is 0.497 e. The number of rotatable bonds is 9. The molecule has 1 amide bonds. The fourth-order valence-corrected chi connectivity index (χ4v) is 2.08. The molecule has 0 heterocycles. The number of methoxy groups -OCH3 is 2. The Balaban J connectivity index is 1.77. The third kappa shape index (κ3) is 6.69. The molecule has 0 aromatic heterocycles. The molecule has 0 fully saturated rings. The number of hydrogen-bond acceptors (Lipinski definition) is 4. The Hall–Kier alpha value is -2.79. The minimum absolute atomic E-state index is 0.142. The first kappa shape index (κ1) is 18.5. The topological polar surface area (TPSA) is 56.8 Å². The Labute approximate surface area is 148 Å². The molecule has 2 rings (SSSR count). The first-order valence-corrected chi connectivity index (χ1v) is 8.02. The van der Waals surface area contributed by atoms with Crippen LogP contribution in [-0.2, 0) is 16.1 Å². The maximum Gasteiger partial charge on any atom is 0.244 e.